The molecule has 1 aliphatic rings. The van der Waals surface area contributed by atoms with Crippen LogP contribution in [0.5, 0.6) is 5.75 Å². The second kappa shape index (κ2) is 7.71. The first-order chi connectivity index (χ1) is 13.5. The molecule has 1 amide bonds. The van der Waals surface area contributed by atoms with Gasteiger partial charge in [0.2, 0.25) is 4.96 Å². The number of para-hydroxylation sites is 1. The van der Waals surface area contributed by atoms with E-state index in [9.17, 15) is 9.59 Å². The van der Waals surface area contributed by atoms with Gasteiger partial charge in [0.05, 0.1) is 11.7 Å². The molecule has 0 N–H and O–H groups in total. The Kier molecular flexibility index (Phi) is 5.13. The topological polar surface area (TPSA) is 76.8 Å². The van der Waals surface area contributed by atoms with E-state index in [4.69, 9.17) is 4.74 Å². The molecule has 7 nitrogen and oxygen atoms in total. The van der Waals surface area contributed by atoms with Crippen molar-refractivity contribution >= 4 is 22.4 Å². The molecule has 0 radical (unpaired) electrons. The van der Waals surface area contributed by atoms with E-state index in [1.165, 1.54) is 21.9 Å². The standard InChI is InChI=1S/C20H22N4O3S/c1-13(2)15-12-17(25)24-19(21-15)28-18(22-24)16-10-6-7-11-23(16)20(26)27-14-8-4-3-5-9-14/h3-5,8-9,12-13,16H,6-7,10-11H2,1-2H3. The van der Waals surface area contributed by atoms with Crippen LogP contribution in [0.2, 0.25) is 0 Å². The number of hydrogen-bond donors (Lipinski definition) is 0. The summed E-state index contributed by atoms with van der Waals surface area (Å²) in [7, 11) is 0. The Labute approximate surface area is 166 Å². The first-order valence-electron chi connectivity index (χ1n) is 9.47. The number of benzene rings is 1. The Morgan fingerprint density at radius 3 is 2.79 bits per heavy atom. The zero-order valence-corrected chi connectivity index (χ0v) is 16.7. The Bertz CT molecular complexity index is 1040. The minimum atomic E-state index is -0.390. The monoisotopic (exact) mass is 398 g/mol. The van der Waals surface area contributed by atoms with Gasteiger partial charge in [-0.05, 0) is 37.3 Å². The average Bonchev–Trinajstić information content (AvgIpc) is 3.13. The van der Waals surface area contributed by atoms with Gasteiger partial charge in [-0.1, -0.05) is 43.4 Å². The first kappa shape index (κ1) is 18.6. The molecule has 1 saturated heterocycles. The highest BCUT2D eigenvalue weighted by atomic mass is 32.1. The predicted octanol–water partition coefficient (Wildman–Crippen LogP) is 4.00. The molecule has 1 aromatic carbocycles. The molecule has 1 aliphatic heterocycles. The van der Waals surface area contributed by atoms with Gasteiger partial charge in [0, 0.05) is 12.6 Å². The highest BCUT2D eigenvalue weighted by Gasteiger charge is 2.32. The lowest BCUT2D eigenvalue weighted by atomic mass is 10.0. The van der Waals surface area contributed by atoms with Crippen molar-refractivity contribution in [2.75, 3.05) is 6.54 Å². The lowest BCUT2D eigenvalue weighted by Crippen LogP contribution is -2.40. The number of fused-ring (bicyclic) bond motifs is 1. The van der Waals surface area contributed by atoms with Gasteiger partial charge in [-0.3, -0.25) is 9.69 Å². The quantitative estimate of drug-likeness (QED) is 0.666. The van der Waals surface area contributed by atoms with Crippen LogP contribution in [0.3, 0.4) is 0 Å². The number of carbonyl (C=O) groups is 1. The molecule has 1 fully saturated rings. The Morgan fingerprint density at radius 1 is 1.25 bits per heavy atom. The van der Waals surface area contributed by atoms with Crippen LogP contribution in [0.15, 0.2) is 41.2 Å². The van der Waals surface area contributed by atoms with Crippen LogP contribution in [-0.4, -0.2) is 32.1 Å². The zero-order chi connectivity index (χ0) is 19.7. The number of amides is 1. The molecule has 8 heteroatoms. The van der Waals surface area contributed by atoms with Crippen molar-refractivity contribution in [3.63, 3.8) is 0 Å². The van der Waals surface area contributed by atoms with Crippen LogP contribution in [0.1, 0.15) is 55.8 Å². The van der Waals surface area contributed by atoms with Crippen LogP contribution < -0.4 is 10.3 Å². The molecule has 2 aromatic heterocycles. The third kappa shape index (κ3) is 3.64. The largest absolute Gasteiger partial charge is 0.415 e. The lowest BCUT2D eigenvalue weighted by Gasteiger charge is -2.33. The first-order valence-corrected chi connectivity index (χ1v) is 10.3. The normalized spacial score (nSPS) is 17.2. The third-order valence-corrected chi connectivity index (χ3v) is 5.85. The molecule has 0 aliphatic carbocycles. The lowest BCUT2D eigenvalue weighted by molar-refractivity contribution is 0.112. The number of aromatic nitrogens is 3. The van der Waals surface area contributed by atoms with Gasteiger partial charge in [0.1, 0.15) is 10.8 Å². The summed E-state index contributed by atoms with van der Waals surface area (Å²) in [5.74, 6) is 0.677. The predicted molar refractivity (Wildman–Crippen MR) is 107 cm³/mol. The van der Waals surface area contributed by atoms with Crippen LogP contribution in [0.25, 0.3) is 4.96 Å². The van der Waals surface area contributed by atoms with E-state index in [0.29, 0.717) is 17.3 Å². The number of carbonyl (C=O) groups excluding carboxylic acids is 1. The fourth-order valence-electron chi connectivity index (χ4n) is 3.33. The molecule has 28 heavy (non-hydrogen) atoms. The number of nitrogens with zero attached hydrogens (tertiary/aromatic N) is 4. The molecule has 0 bridgehead atoms. The van der Waals surface area contributed by atoms with Crippen molar-refractivity contribution in [3.8, 4) is 5.75 Å². The molecule has 1 unspecified atom stereocenters. The van der Waals surface area contributed by atoms with Gasteiger partial charge >= 0.3 is 6.09 Å². The number of ether oxygens (including phenoxy) is 1. The van der Waals surface area contributed by atoms with Gasteiger partial charge < -0.3 is 4.74 Å². The van der Waals surface area contributed by atoms with Crippen molar-refractivity contribution < 1.29 is 9.53 Å². The van der Waals surface area contributed by atoms with Crippen LogP contribution >= 0.6 is 11.3 Å². The van der Waals surface area contributed by atoms with Gasteiger partial charge in [0.25, 0.3) is 5.56 Å². The van der Waals surface area contributed by atoms with Crippen LogP contribution in [0, 0.1) is 0 Å². The SMILES string of the molecule is CC(C)c1cc(=O)n2nc(C3CCCCN3C(=O)Oc3ccccc3)sc2n1. The average molecular weight is 398 g/mol. The number of rotatable bonds is 3. The summed E-state index contributed by atoms with van der Waals surface area (Å²) < 4.78 is 6.87. The molecule has 0 spiro atoms. The van der Waals surface area contributed by atoms with E-state index in [-0.39, 0.29) is 17.5 Å². The van der Waals surface area contributed by atoms with E-state index < -0.39 is 6.09 Å². The minimum Gasteiger partial charge on any atom is -0.410 e. The van der Waals surface area contributed by atoms with Crippen molar-refractivity contribution in [1.29, 1.82) is 0 Å². The highest BCUT2D eigenvalue weighted by Crippen LogP contribution is 2.33. The summed E-state index contributed by atoms with van der Waals surface area (Å²) in [6.07, 6.45) is 2.31. The second-order valence-corrected chi connectivity index (χ2v) is 8.18. The maximum atomic E-state index is 12.8. The smallest absolute Gasteiger partial charge is 0.410 e. The van der Waals surface area contributed by atoms with Gasteiger partial charge in [0.15, 0.2) is 0 Å². The summed E-state index contributed by atoms with van der Waals surface area (Å²) in [5.41, 5.74) is 0.564. The molecule has 0 saturated carbocycles. The fraction of sp³-hybridized carbons (Fsp3) is 0.400. The van der Waals surface area contributed by atoms with Crippen LogP contribution in [0.4, 0.5) is 4.79 Å². The van der Waals surface area contributed by atoms with Crippen LogP contribution in [-0.2, 0) is 0 Å². The Balaban J connectivity index is 1.65. The zero-order valence-electron chi connectivity index (χ0n) is 15.9. The molecule has 1 atom stereocenters. The fourth-order valence-corrected chi connectivity index (χ4v) is 4.39. The van der Waals surface area contributed by atoms with E-state index in [2.05, 4.69) is 10.1 Å². The maximum Gasteiger partial charge on any atom is 0.415 e. The molecule has 146 valence electrons. The van der Waals surface area contributed by atoms with E-state index in [1.807, 2.05) is 32.0 Å². The van der Waals surface area contributed by atoms with E-state index >= 15 is 0 Å². The second-order valence-electron chi connectivity index (χ2n) is 7.19. The molecule has 3 aromatic rings. The number of piperidine rings is 1. The summed E-state index contributed by atoms with van der Waals surface area (Å²) in [5, 5.41) is 5.20. The number of hydrogen-bond acceptors (Lipinski definition) is 6. The van der Waals surface area contributed by atoms with Gasteiger partial charge in [-0.2, -0.15) is 9.61 Å². The van der Waals surface area contributed by atoms with E-state index in [0.717, 1.165) is 30.0 Å². The van der Waals surface area contributed by atoms with Gasteiger partial charge in [-0.25, -0.2) is 9.78 Å². The molecular formula is C20H22N4O3S. The van der Waals surface area contributed by atoms with Crippen molar-refractivity contribution in [1.82, 2.24) is 19.5 Å². The highest BCUT2D eigenvalue weighted by molar-refractivity contribution is 7.16. The number of likely N-dealkylation sites (tertiary alicyclic amines) is 1. The van der Waals surface area contributed by atoms with Crippen molar-refractivity contribution in [2.24, 2.45) is 0 Å². The summed E-state index contributed by atoms with van der Waals surface area (Å²) >= 11 is 1.37. The molecular weight excluding hydrogens is 376 g/mol. The third-order valence-electron chi connectivity index (χ3n) is 4.84. The molecule has 4 rings (SSSR count). The van der Waals surface area contributed by atoms with E-state index in [1.54, 1.807) is 17.0 Å². The summed E-state index contributed by atoms with van der Waals surface area (Å²) in [4.78, 5) is 32.0. The molecule has 3 heterocycles. The summed E-state index contributed by atoms with van der Waals surface area (Å²) in [6, 6.07) is 10.4. The minimum absolute atomic E-state index is 0.162. The Hall–Kier alpha value is -2.74. The summed E-state index contributed by atoms with van der Waals surface area (Å²) in [6.45, 7) is 4.61. The van der Waals surface area contributed by atoms with Crippen molar-refractivity contribution in [3.05, 3.63) is 57.5 Å². The maximum absolute atomic E-state index is 12.8. The van der Waals surface area contributed by atoms with Crippen molar-refractivity contribution in [2.45, 2.75) is 45.1 Å². The Morgan fingerprint density at radius 2 is 2.04 bits per heavy atom. The van der Waals surface area contributed by atoms with Gasteiger partial charge in [-0.15, -0.1) is 0 Å².